The Balaban J connectivity index is 1.51. The molecule has 33 heavy (non-hydrogen) atoms. The second-order valence-corrected chi connectivity index (χ2v) is 8.08. The summed E-state index contributed by atoms with van der Waals surface area (Å²) in [5, 5.41) is 14.9. The third-order valence-electron chi connectivity index (χ3n) is 5.85. The van der Waals surface area contributed by atoms with Gasteiger partial charge < -0.3 is 30.9 Å². The molecular formula is C23H27N7O3. The van der Waals surface area contributed by atoms with Crippen LogP contribution < -0.4 is 21.3 Å². The van der Waals surface area contributed by atoms with Crippen molar-refractivity contribution >= 4 is 29.1 Å². The first-order valence-corrected chi connectivity index (χ1v) is 11.0. The van der Waals surface area contributed by atoms with E-state index in [0.717, 1.165) is 19.4 Å². The summed E-state index contributed by atoms with van der Waals surface area (Å²) in [5.41, 5.74) is 7.11. The van der Waals surface area contributed by atoms with Gasteiger partial charge in [0.15, 0.2) is 6.19 Å². The number of carbonyl (C=O) groups is 2. The molecule has 172 valence electrons. The van der Waals surface area contributed by atoms with Crippen LogP contribution in [0.15, 0.2) is 36.4 Å². The number of benzene rings is 1. The molecule has 1 aromatic heterocycles. The molecule has 2 fully saturated rings. The molecule has 2 saturated heterocycles. The van der Waals surface area contributed by atoms with Gasteiger partial charge in [0, 0.05) is 37.4 Å². The highest BCUT2D eigenvalue weighted by molar-refractivity contribution is 5.99. The Morgan fingerprint density at radius 3 is 2.58 bits per heavy atom. The number of nitrogens with zero attached hydrogens (tertiary/aromatic N) is 4. The van der Waals surface area contributed by atoms with Crippen molar-refractivity contribution in [1.29, 1.82) is 5.26 Å². The van der Waals surface area contributed by atoms with E-state index in [9.17, 15) is 9.59 Å². The van der Waals surface area contributed by atoms with Crippen LogP contribution in [0.5, 0.6) is 0 Å². The lowest BCUT2D eigenvalue weighted by atomic mass is 10.1. The Morgan fingerprint density at radius 2 is 1.88 bits per heavy atom. The summed E-state index contributed by atoms with van der Waals surface area (Å²) in [5.74, 6) is 0.431. The summed E-state index contributed by atoms with van der Waals surface area (Å²) in [6.07, 6.45) is 3.86. The highest BCUT2D eigenvalue weighted by Gasteiger charge is 2.22. The minimum Gasteiger partial charge on any atom is -0.378 e. The van der Waals surface area contributed by atoms with Crippen molar-refractivity contribution in [1.82, 2.24) is 15.2 Å². The van der Waals surface area contributed by atoms with Crippen molar-refractivity contribution in [3.8, 4) is 6.19 Å². The van der Waals surface area contributed by atoms with E-state index >= 15 is 0 Å². The van der Waals surface area contributed by atoms with E-state index in [1.54, 1.807) is 41.3 Å². The summed E-state index contributed by atoms with van der Waals surface area (Å²) in [4.78, 5) is 33.1. The Morgan fingerprint density at radius 1 is 1.12 bits per heavy atom. The fraction of sp³-hybridized carbons (Fsp3) is 0.391. The van der Waals surface area contributed by atoms with E-state index in [4.69, 9.17) is 15.7 Å². The fourth-order valence-corrected chi connectivity index (χ4v) is 4.10. The number of rotatable bonds is 6. The van der Waals surface area contributed by atoms with Gasteiger partial charge in [-0.05, 0) is 49.2 Å². The molecule has 2 aromatic rings. The Labute approximate surface area is 192 Å². The van der Waals surface area contributed by atoms with Crippen LogP contribution in [0.25, 0.3) is 0 Å². The van der Waals surface area contributed by atoms with E-state index in [-0.39, 0.29) is 17.5 Å². The third kappa shape index (κ3) is 5.32. The first kappa shape index (κ1) is 22.4. The number of hydrogen-bond acceptors (Lipinski definition) is 8. The van der Waals surface area contributed by atoms with E-state index in [1.165, 1.54) is 0 Å². The third-order valence-corrected chi connectivity index (χ3v) is 5.85. The second-order valence-electron chi connectivity index (χ2n) is 8.08. The lowest BCUT2D eigenvalue weighted by Crippen LogP contribution is -2.44. The minimum absolute atomic E-state index is 0.0339. The quantitative estimate of drug-likeness (QED) is 0.445. The number of piperidine rings is 1. The largest absolute Gasteiger partial charge is 0.378 e. The molecule has 1 aromatic carbocycles. The Bertz CT molecular complexity index is 1050. The van der Waals surface area contributed by atoms with Crippen LogP contribution in [0.4, 0.5) is 17.3 Å². The first-order chi connectivity index (χ1) is 16.0. The lowest BCUT2D eigenvalue weighted by Gasteiger charge is -2.33. The van der Waals surface area contributed by atoms with Gasteiger partial charge in [-0.15, -0.1) is 0 Å². The molecule has 1 atom stereocenters. The van der Waals surface area contributed by atoms with Crippen molar-refractivity contribution in [2.75, 3.05) is 49.6 Å². The summed E-state index contributed by atoms with van der Waals surface area (Å²) in [7, 11) is 0. The number of aromatic nitrogens is 1. The molecule has 0 radical (unpaired) electrons. The number of primary amides is 1. The van der Waals surface area contributed by atoms with E-state index in [0.29, 0.717) is 55.7 Å². The van der Waals surface area contributed by atoms with Crippen LogP contribution in [-0.4, -0.2) is 67.1 Å². The van der Waals surface area contributed by atoms with Gasteiger partial charge in [-0.1, -0.05) is 0 Å². The van der Waals surface area contributed by atoms with Gasteiger partial charge in [-0.3, -0.25) is 9.59 Å². The van der Waals surface area contributed by atoms with Crippen LogP contribution in [0.2, 0.25) is 0 Å². The van der Waals surface area contributed by atoms with E-state index < -0.39 is 5.91 Å². The molecule has 2 amide bonds. The van der Waals surface area contributed by atoms with Crippen molar-refractivity contribution in [3.63, 3.8) is 0 Å². The molecule has 0 saturated carbocycles. The molecule has 0 spiro atoms. The maximum atomic E-state index is 12.7. The zero-order valence-corrected chi connectivity index (χ0v) is 18.3. The van der Waals surface area contributed by atoms with Crippen molar-refractivity contribution in [3.05, 3.63) is 47.5 Å². The number of ether oxygens (including phenoxy) is 1. The number of carbonyl (C=O) groups excluding carboxylic acids is 2. The zero-order chi connectivity index (χ0) is 23.2. The Kier molecular flexibility index (Phi) is 6.90. The number of nitriles is 1. The number of amides is 2. The number of morpholine rings is 1. The maximum absolute atomic E-state index is 12.7. The van der Waals surface area contributed by atoms with Gasteiger partial charge in [0.05, 0.1) is 24.8 Å². The monoisotopic (exact) mass is 449 g/mol. The minimum atomic E-state index is -0.585. The van der Waals surface area contributed by atoms with Crippen LogP contribution >= 0.6 is 0 Å². The Hall–Kier alpha value is -3.84. The second kappa shape index (κ2) is 10.2. The lowest BCUT2D eigenvalue weighted by molar-refractivity contribution is 0.0303. The average molecular weight is 450 g/mol. The average Bonchev–Trinajstić information content (AvgIpc) is 2.85. The predicted molar refractivity (Wildman–Crippen MR) is 123 cm³/mol. The van der Waals surface area contributed by atoms with Crippen LogP contribution in [-0.2, 0) is 4.74 Å². The summed E-state index contributed by atoms with van der Waals surface area (Å²) in [6, 6.07) is 10.5. The molecule has 3 heterocycles. The van der Waals surface area contributed by atoms with Gasteiger partial charge in [0.1, 0.15) is 11.6 Å². The summed E-state index contributed by atoms with van der Waals surface area (Å²) in [6.45, 7) is 3.72. The molecule has 0 unspecified atom stereocenters. The summed E-state index contributed by atoms with van der Waals surface area (Å²) >= 11 is 0. The smallest absolute Gasteiger partial charge is 0.254 e. The molecule has 0 aliphatic carbocycles. The van der Waals surface area contributed by atoms with Crippen molar-refractivity contribution < 1.29 is 14.3 Å². The molecule has 4 rings (SSSR count). The van der Waals surface area contributed by atoms with Crippen LogP contribution in [0, 0.1) is 11.5 Å². The molecule has 2 aliphatic rings. The molecule has 2 aliphatic heterocycles. The number of nitrogens with one attached hydrogen (secondary N) is 2. The topological polar surface area (TPSA) is 137 Å². The van der Waals surface area contributed by atoms with Gasteiger partial charge in [0.25, 0.3) is 11.8 Å². The van der Waals surface area contributed by atoms with E-state index in [1.807, 2.05) is 6.19 Å². The zero-order valence-electron chi connectivity index (χ0n) is 18.3. The van der Waals surface area contributed by atoms with Crippen LogP contribution in [0.1, 0.15) is 33.6 Å². The van der Waals surface area contributed by atoms with Crippen LogP contribution in [0.3, 0.4) is 0 Å². The number of anilines is 3. The van der Waals surface area contributed by atoms with Gasteiger partial charge in [0.2, 0.25) is 0 Å². The summed E-state index contributed by atoms with van der Waals surface area (Å²) < 4.78 is 5.30. The van der Waals surface area contributed by atoms with Crippen molar-refractivity contribution in [2.45, 2.75) is 18.9 Å². The molecular weight excluding hydrogens is 422 g/mol. The van der Waals surface area contributed by atoms with Crippen molar-refractivity contribution in [2.24, 2.45) is 5.73 Å². The van der Waals surface area contributed by atoms with Gasteiger partial charge in [-0.2, -0.15) is 5.26 Å². The highest BCUT2D eigenvalue weighted by atomic mass is 16.5. The maximum Gasteiger partial charge on any atom is 0.254 e. The fourth-order valence-electron chi connectivity index (χ4n) is 4.10. The first-order valence-electron chi connectivity index (χ1n) is 11.0. The molecule has 10 heteroatoms. The molecule has 10 nitrogen and oxygen atoms in total. The number of nitrogens with two attached hydrogens (primary N) is 1. The standard InChI is InChI=1S/C23H27N7O3/c24-15-26-18-2-1-9-30(14-18)20-8-7-19(21(25)31)22(28-20)27-17-5-3-16(4-6-17)23(32)29-10-12-33-13-11-29/h3-8,18,26H,1-2,9-14H2,(H2,25,31)(H,27,28)/t18-/m1/s1. The number of hydrogen-bond donors (Lipinski definition) is 3. The highest BCUT2D eigenvalue weighted by Crippen LogP contribution is 2.25. The predicted octanol–water partition coefficient (Wildman–Crippen LogP) is 1.44. The molecule has 4 N–H and O–H groups in total. The van der Waals surface area contributed by atoms with E-state index in [2.05, 4.69) is 20.5 Å². The SMILES string of the molecule is N#CN[C@@H]1CCCN(c2ccc(C(N)=O)c(Nc3ccc(C(=O)N4CCOCC4)cc3)n2)C1. The normalized spacial score (nSPS) is 18.3. The number of pyridine rings is 1. The van der Waals surface area contributed by atoms with Gasteiger partial charge in [-0.25, -0.2) is 4.98 Å². The van der Waals surface area contributed by atoms with Gasteiger partial charge >= 0.3 is 0 Å². The molecule has 0 bridgehead atoms.